The number of methoxy groups -OCH3 is 2. The normalized spacial score (nSPS) is 15.0. The van der Waals surface area contributed by atoms with E-state index >= 15 is 0 Å². The molecule has 1 unspecified atom stereocenters. The van der Waals surface area contributed by atoms with E-state index in [0.29, 0.717) is 23.2 Å². The Balaban J connectivity index is 1.64. The molecule has 1 amide bonds. The Kier molecular flexibility index (Phi) is 4.94. The minimum absolute atomic E-state index is 0.0995. The van der Waals surface area contributed by atoms with Gasteiger partial charge in [0.05, 0.1) is 19.5 Å². The van der Waals surface area contributed by atoms with E-state index in [1.165, 1.54) is 11.8 Å². The minimum Gasteiger partial charge on any atom is -0.493 e. The molecule has 7 nitrogen and oxygen atoms in total. The zero-order chi connectivity index (χ0) is 17.1. The highest BCUT2D eigenvalue weighted by Crippen LogP contribution is 2.38. The van der Waals surface area contributed by atoms with Crippen LogP contribution in [0.2, 0.25) is 0 Å². The summed E-state index contributed by atoms with van der Waals surface area (Å²) >= 11 is 1.41. The van der Waals surface area contributed by atoms with Gasteiger partial charge in [0.2, 0.25) is 5.91 Å². The van der Waals surface area contributed by atoms with E-state index in [-0.39, 0.29) is 11.2 Å². The van der Waals surface area contributed by atoms with Crippen molar-refractivity contribution in [2.75, 3.05) is 19.5 Å². The maximum absolute atomic E-state index is 12.4. The maximum atomic E-state index is 12.4. The number of thioether (sulfide) groups is 1. The lowest BCUT2D eigenvalue weighted by molar-refractivity contribution is -0.115. The van der Waals surface area contributed by atoms with Gasteiger partial charge in [0.15, 0.2) is 16.7 Å². The molecule has 1 aromatic carbocycles. The van der Waals surface area contributed by atoms with Crippen LogP contribution in [0.1, 0.15) is 25.8 Å². The van der Waals surface area contributed by atoms with Gasteiger partial charge in [-0.05, 0) is 31.9 Å². The number of aromatic nitrogens is 3. The molecular formula is C16H20N4O3S. The standard InChI is InChI=1S/C16H20N4O3S/c1-10(24-16-19-17-9-20(16)12-5-6-12)15(21)18-11-4-7-13(22-2)14(8-11)23-3/h4,7-10,12H,5-6H2,1-3H3,(H,18,21). The van der Waals surface area contributed by atoms with Gasteiger partial charge in [-0.2, -0.15) is 0 Å². The van der Waals surface area contributed by atoms with Crippen molar-refractivity contribution in [3.05, 3.63) is 24.5 Å². The molecule has 0 saturated heterocycles. The summed E-state index contributed by atoms with van der Waals surface area (Å²) < 4.78 is 12.5. The number of anilines is 1. The van der Waals surface area contributed by atoms with Crippen LogP contribution in [0.15, 0.2) is 29.7 Å². The first kappa shape index (κ1) is 16.6. The molecule has 1 aliphatic carbocycles. The van der Waals surface area contributed by atoms with Crippen LogP contribution in [0, 0.1) is 0 Å². The number of hydrogen-bond acceptors (Lipinski definition) is 6. The van der Waals surface area contributed by atoms with E-state index in [4.69, 9.17) is 9.47 Å². The van der Waals surface area contributed by atoms with Crippen LogP contribution < -0.4 is 14.8 Å². The highest BCUT2D eigenvalue weighted by molar-refractivity contribution is 8.00. The number of amides is 1. The van der Waals surface area contributed by atoms with E-state index in [2.05, 4.69) is 15.5 Å². The predicted molar refractivity (Wildman–Crippen MR) is 91.8 cm³/mol. The number of hydrogen-bond donors (Lipinski definition) is 1. The zero-order valence-electron chi connectivity index (χ0n) is 13.9. The van der Waals surface area contributed by atoms with Crippen LogP contribution in [0.3, 0.4) is 0 Å². The summed E-state index contributed by atoms with van der Waals surface area (Å²) in [6.07, 6.45) is 4.04. The third-order valence-corrected chi connectivity index (χ3v) is 4.85. The Morgan fingerprint density at radius 1 is 1.33 bits per heavy atom. The van der Waals surface area contributed by atoms with Crippen LogP contribution in [0.4, 0.5) is 5.69 Å². The molecule has 1 saturated carbocycles. The van der Waals surface area contributed by atoms with Crippen molar-refractivity contribution in [2.24, 2.45) is 0 Å². The molecule has 0 spiro atoms. The Morgan fingerprint density at radius 2 is 2.08 bits per heavy atom. The van der Waals surface area contributed by atoms with Crippen LogP contribution >= 0.6 is 11.8 Å². The maximum Gasteiger partial charge on any atom is 0.237 e. The molecule has 1 aromatic heterocycles. The number of benzene rings is 1. The summed E-state index contributed by atoms with van der Waals surface area (Å²) in [5.41, 5.74) is 0.661. The van der Waals surface area contributed by atoms with Gasteiger partial charge in [0, 0.05) is 17.8 Å². The molecule has 8 heteroatoms. The fraction of sp³-hybridized carbons (Fsp3) is 0.438. The van der Waals surface area contributed by atoms with Gasteiger partial charge in [0.25, 0.3) is 0 Å². The SMILES string of the molecule is COc1ccc(NC(=O)C(C)Sc2nncn2C2CC2)cc1OC. The Morgan fingerprint density at radius 3 is 2.75 bits per heavy atom. The summed E-state index contributed by atoms with van der Waals surface area (Å²) in [4.78, 5) is 12.4. The van der Waals surface area contributed by atoms with Crippen molar-refractivity contribution in [1.82, 2.24) is 14.8 Å². The van der Waals surface area contributed by atoms with Crippen molar-refractivity contribution in [3.63, 3.8) is 0 Å². The third kappa shape index (κ3) is 3.64. The molecule has 1 heterocycles. The molecule has 0 aliphatic heterocycles. The molecule has 128 valence electrons. The molecular weight excluding hydrogens is 328 g/mol. The summed E-state index contributed by atoms with van der Waals surface area (Å²) in [6.45, 7) is 1.85. The van der Waals surface area contributed by atoms with Gasteiger partial charge in [0.1, 0.15) is 6.33 Å². The second kappa shape index (κ2) is 7.12. The van der Waals surface area contributed by atoms with E-state index in [9.17, 15) is 4.79 Å². The van der Waals surface area contributed by atoms with Crippen LogP contribution in [-0.4, -0.2) is 40.1 Å². The van der Waals surface area contributed by atoms with Gasteiger partial charge in [-0.1, -0.05) is 11.8 Å². The van der Waals surface area contributed by atoms with E-state index in [1.807, 2.05) is 11.5 Å². The Hall–Kier alpha value is -2.22. The summed E-state index contributed by atoms with van der Waals surface area (Å²) in [7, 11) is 3.14. The second-order valence-electron chi connectivity index (χ2n) is 5.57. The third-order valence-electron chi connectivity index (χ3n) is 3.78. The van der Waals surface area contributed by atoms with Gasteiger partial charge >= 0.3 is 0 Å². The summed E-state index contributed by atoms with van der Waals surface area (Å²) in [6, 6.07) is 5.77. The van der Waals surface area contributed by atoms with Gasteiger partial charge < -0.3 is 19.4 Å². The molecule has 3 rings (SSSR count). The van der Waals surface area contributed by atoms with Crippen LogP contribution in [-0.2, 0) is 4.79 Å². The fourth-order valence-electron chi connectivity index (χ4n) is 2.29. The topological polar surface area (TPSA) is 78.3 Å². The first-order valence-electron chi connectivity index (χ1n) is 7.71. The highest BCUT2D eigenvalue weighted by Gasteiger charge is 2.28. The largest absolute Gasteiger partial charge is 0.493 e. The average Bonchev–Trinajstić information content (AvgIpc) is 3.34. The molecule has 0 bridgehead atoms. The molecule has 1 atom stereocenters. The lowest BCUT2D eigenvalue weighted by atomic mass is 10.2. The van der Waals surface area contributed by atoms with Crippen molar-refractivity contribution in [1.29, 1.82) is 0 Å². The molecule has 2 aromatic rings. The first-order chi connectivity index (χ1) is 11.6. The van der Waals surface area contributed by atoms with Crippen molar-refractivity contribution in [3.8, 4) is 11.5 Å². The summed E-state index contributed by atoms with van der Waals surface area (Å²) in [5, 5.41) is 11.5. The molecule has 24 heavy (non-hydrogen) atoms. The lowest BCUT2D eigenvalue weighted by Gasteiger charge is -2.14. The first-order valence-corrected chi connectivity index (χ1v) is 8.59. The average molecular weight is 348 g/mol. The van der Waals surface area contributed by atoms with E-state index in [0.717, 1.165) is 18.0 Å². The van der Waals surface area contributed by atoms with Gasteiger partial charge in [-0.25, -0.2) is 0 Å². The van der Waals surface area contributed by atoms with Gasteiger partial charge in [-0.15, -0.1) is 10.2 Å². The number of ether oxygens (including phenoxy) is 2. The molecule has 1 fully saturated rings. The molecule has 1 N–H and O–H groups in total. The lowest BCUT2D eigenvalue weighted by Crippen LogP contribution is -2.22. The fourth-order valence-corrected chi connectivity index (χ4v) is 3.18. The van der Waals surface area contributed by atoms with E-state index < -0.39 is 0 Å². The molecule has 0 radical (unpaired) electrons. The van der Waals surface area contributed by atoms with Crippen molar-refractivity contribution < 1.29 is 14.3 Å². The van der Waals surface area contributed by atoms with Crippen molar-refractivity contribution in [2.45, 2.75) is 36.2 Å². The second-order valence-corrected chi connectivity index (χ2v) is 6.88. The molecule has 1 aliphatic rings. The number of carbonyl (C=O) groups is 1. The number of nitrogens with zero attached hydrogens (tertiary/aromatic N) is 3. The van der Waals surface area contributed by atoms with E-state index in [1.54, 1.807) is 38.7 Å². The minimum atomic E-state index is -0.292. The smallest absolute Gasteiger partial charge is 0.237 e. The number of rotatable bonds is 7. The Bertz CT molecular complexity index is 730. The van der Waals surface area contributed by atoms with Gasteiger partial charge in [-0.3, -0.25) is 4.79 Å². The van der Waals surface area contributed by atoms with Crippen LogP contribution in [0.5, 0.6) is 11.5 Å². The highest BCUT2D eigenvalue weighted by atomic mass is 32.2. The monoisotopic (exact) mass is 348 g/mol. The predicted octanol–water partition coefficient (Wildman–Crippen LogP) is 2.75. The number of nitrogens with one attached hydrogen (secondary N) is 1. The summed E-state index contributed by atoms with van der Waals surface area (Å²) in [5.74, 6) is 1.09. The quantitative estimate of drug-likeness (QED) is 0.775. The Labute approximate surface area is 144 Å². The zero-order valence-corrected chi connectivity index (χ0v) is 14.7. The number of carbonyl (C=O) groups excluding carboxylic acids is 1. The van der Waals surface area contributed by atoms with Crippen LogP contribution in [0.25, 0.3) is 0 Å². The van der Waals surface area contributed by atoms with Crippen molar-refractivity contribution >= 4 is 23.4 Å².